The number of anilines is 1. The first-order valence-corrected chi connectivity index (χ1v) is 10.5. The average molecular weight is 362 g/mol. The van der Waals surface area contributed by atoms with Crippen molar-refractivity contribution >= 4 is 26.9 Å². The third-order valence-corrected chi connectivity index (χ3v) is 6.29. The second kappa shape index (κ2) is 6.88. The molecule has 0 aromatic carbocycles. The van der Waals surface area contributed by atoms with Crippen LogP contribution in [0.4, 0.5) is 5.82 Å². The van der Waals surface area contributed by atoms with Crippen molar-refractivity contribution in [2.45, 2.75) is 26.7 Å². The zero-order valence-electron chi connectivity index (χ0n) is 15.4. The molecule has 3 rings (SSSR count). The van der Waals surface area contributed by atoms with E-state index in [1.165, 1.54) is 16.1 Å². The minimum absolute atomic E-state index is 0.402. The van der Waals surface area contributed by atoms with Crippen molar-refractivity contribution in [3.8, 4) is 0 Å². The minimum atomic E-state index is -3.10. The standard InChI is InChI=1S/C18H26N4O2S/c1-13-11-14(2)19-18-16(13)5-6-17(20-18)22-9-7-15(8-10-22)12-21(3)25(4,23)24/h5-6,11,15H,7-10,12H2,1-4H3. The highest BCUT2D eigenvalue weighted by Crippen LogP contribution is 2.25. The molecule has 0 amide bonds. The second-order valence-corrected chi connectivity index (χ2v) is 9.18. The molecule has 25 heavy (non-hydrogen) atoms. The van der Waals surface area contributed by atoms with E-state index in [1.807, 2.05) is 6.92 Å². The molecule has 0 aliphatic carbocycles. The monoisotopic (exact) mass is 362 g/mol. The lowest BCUT2D eigenvalue weighted by atomic mass is 9.97. The summed E-state index contributed by atoms with van der Waals surface area (Å²) in [5.74, 6) is 1.36. The van der Waals surface area contributed by atoms with Gasteiger partial charge in [-0.2, -0.15) is 0 Å². The summed E-state index contributed by atoms with van der Waals surface area (Å²) in [6.07, 6.45) is 3.21. The van der Waals surface area contributed by atoms with Crippen molar-refractivity contribution in [1.82, 2.24) is 14.3 Å². The van der Waals surface area contributed by atoms with E-state index in [-0.39, 0.29) is 0 Å². The van der Waals surface area contributed by atoms with Crippen LogP contribution in [0.25, 0.3) is 11.0 Å². The molecule has 136 valence electrons. The Bertz CT molecular complexity index is 874. The highest BCUT2D eigenvalue weighted by molar-refractivity contribution is 7.88. The van der Waals surface area contributed by atoms with Crippen molar-refractivity contribution in [3.05, 3.63) is 29.5 Å². The van der Waals surface area contributed by atoms with Gasteiger partial charge in [-0.05, 0) is 56.4 Å². The maximum atomic E-state index is 11.6. The summed E-state index contributed by atoms with van der Waals surface area (Å²) in [4.78, 5) is 11.6. The first-order chi connectivity index (χ1) is 11.7. The van der Waals surface area contributed by atoms with Crippen LogP contribution in [0.5, 0.6) is 0 Å². The number of nitrogens with zero attached hydrogens (tertiary/aromatic N) is 4. The predicted octanol–water partition coefficient (Wildman–Crippen LogP) is 2.35. The summed E-state index contributed by atoms with van der Waals surface area (Å²) in [5, 5.41) is 1.10. The zero-order valence-corrected chi connectivity index (χ0v) is 16.2. The Morgan fingerprint density at radius 2 is 1.88 bits per heavy atom. The molecule has 0 radical (unpaired) electrons. The van der Waals surface area contributed by atoms with E-state index in [1.54, 1.807) is 7.05 Å². The first-order valence-electron chi connectivity index (χ1n) is 8.65. The Kier molecular flexibility index (Phi) is 4.97. The van der Waals surface area contributed by atoms with Crippen molar-refractivity contribution in [1.29, 1.82) is 0 Å². The Hall–Kier alpha value is -1.73. The number of fused-ring (bicyclic) bond motifs is 1. The van der Waals surface area contributed by atoms with Crippen molar-refractivity contribution in [2.24, 2.45) is 5.92 Å². The van der Waals surface area contributed by atoms with Gasteiger partial charge in [0.05, 0.1) is 6.26 Å². The van der Waals surface area contributed by atoms with Gasteiger partial charge in [-0.1, -0.05) is 0 Å². The molecule has 7 heteroatoms. The van der Waals surface area contributed by atoms with Crippen LogP contribution < -0.4 is 4.90 Å². The van der Waals surface area contributed by atoms with Gasteiger partial charge in [0.25, 0.3) is 0 Å². The fraction of sp³-hybridized carbons (Fsp3) is 0.556. The van der Waals surface area contributed by atoms with E-state index >= 15 is 0 Å². The van der Waals surface area contributed by atoms with Gasteiger partial charge in [0, 0.05) is 37.8 Å². The van der Waals surface area contributed by atoms with Gasteiger partial charge in [-0.25, -0.2) is 22.7 Å². The molecule has 0 bridgehead atoms. The number of sulfonamides is 1. The molecule has 2 aromatic rings. The topological polar surface area (TPSA) is 66.4 Å². The quantitative estimate of drug-likeness (QED) is 0.835. The lowest BCUT2D eigenvalue weighted by Gasteiger charge is -2.34. The summed E-state index contributed by atoms with van der Waals surface area (Å²) >= 11 is 0. The molecule has 1 aliphatic heterocycles. The average Bonchev–Trinajstić information content (AvgIpc) is 2.54. The van der Waals surface area contributed by atoms with Crippen LogP contribution in [0.3, 0.4) is 0 Å². The Morgan fingerprint density at radius 3 is 2.52 bits per heavy atom. The van der Waals surface area contributed by atoms with Gasteiger partial charge in [0.2, 0.25) is 10.0 Å². The highest BCUT2D eigenvalue weighted by Gasteiger charge is 2.24. The lowest BCUT2D eigenvalue weighted by molar-refractivity contribution is 0.328. The van der Waals surface area contributed by atoms with Gasteiger partial charge < -0.3 is 4.90 Å². The fourth-order valence-corrected chi connectivity index (χ4v) is 3.92. The molecule has 0 unspecified atom stereocenters. The molecule has 3 heterocycles. The zero-order chi connectivity index (χ0) is 18.2. The summed E-state index contributed by atoms with van der Waals surface area (Å²) in [7, 11) is -1.45. The van der Waals surface area contributed by atoms with Gasteiger partial charge in [0.15, 0.2) is 5.65 Å². The third-order valence-electron chi connectivity index (χ3n) is 5.01. The minimum Gasteiger partial charge on any atom is -0.357 e. The number of rotatable bonds is 4. The van der Waals surface area contributed by atoms with Crippen LogP contribution in [-0.2, 0) is 10.0 Å². The van der Waals surface area contributed by atoms with Crippen LogP contribution in [-0.4, -0.2) is 55.6 Å². The van der Waals surface area contributed by atoms with Crippen molar-refractivity contribution in [2.75, 3.05) is 37.8 Å². The van der Waals surface area contributed by atoms with E-state index in [0.717, 1.165) is 48.5 Å². The van der Waals surface area contributed by atoms with Gasteiger partial charge in [-0.3, -0.25) is 0 Å². The van der Waals surface area contributed by atoms with E-state index in [0.29, 0.717) is 12.5 Å². The van der Waals surface area contributed by atoms with E-state index in [4.69, 9.17) is 4.98 Å². The Labute approximate surface area is 149 Å². The van der Waals surface area contributed by atoms with E-state index in [9.17, 15) is 8.42 Å². The smallest absolute Gasteiger partial charge is 0.210 e. The summed E-state index contributed by atoms with van der Waals surface area (Å²) in [5.41, 5.74) is 2.98. The fourth-order valence-electron chi connectivity index (χ4n) is 3.44. The molecule has 0 atom stereocenters. The lowest BCUT2D eigenvalue weighted by Crippen LogP contribution is -2.39. The van der Waals surface area contributed by atoms with Crippen LogP contribution in [0.1, 0.15) is 24.1 Å². The van der Waals surface area contributed by atoms with Crippen molar-refractivity contribution in [3.63, 3.8) is 0 Å². The van der Waals surface area contributed by atoms with Crippen LogP contribution in [0.15, 0.2) is 18.2 Å². The number of pyridine rings is 2. The number of hydrogen-bond donors (Lipinski definition) is 0. The molecular formula is C18H26N4O2S. The van der Waals surface area contributed by atoms with E-state index < -0.39 is 10.0 Å². The summed E-state index contributed by atoms with van der Waals surface area (Å²) < 4.78 is 24.6. The van der Waals surface area contributed by atoms with Crippen LogP contribution in [0, 0.1) is 19.8 Å². The predicted molar refractivity (Wildman–Crippen MR) is 101 cm³/mol. The molecule has 1 aliphatic rings. The maximum absolute atomic E-state index is 11.6. The number of aromatic nitrogens is 2. The van der Waals surface area contributed by atoms with Gasteiger partial charge in [-0.15, -0.1) is 0 Å². The van der Waals surface area contributed by atoms with Crippen LogP contribution >= 0.6 is 0 Å². The van der Waals surface area contributed by atoms with Gasteiger partial charge in [0.1, 0.15) is 5.82 Å². The molecule has 2 aromatic heterocycles. The number of piperidine rings is 1. The van der Waals surface area contributed by atoms with E-state index in [2.05, 4.69) is 35.0 Å². The molecule has 6 nitrogen and oxygen atoms in total. The second-order valence-electron chi connectivity index (χ2n) is 7.10. The molecular weight excluding hydrogens is 336 g/mol. The molecule has 0 spiro atoms. The Morgan fingerprint density at radius 1 is 1.20 bits per heavy atom. The highest BCUT2D eigenvalue weighted by atomic mass is 32.2. The number of aryl methyl sites for hydroxylation is 2. The molecule has 0 saturated carbocycles. The Balaban J connectivity index is 1.70. The number of hydrogen-bond acceptors (Lipinski definition) is 5. The van der Waals surface area contributed by atoms with Gasteiger partial charge >= 0.3 is 0 Å². The normalized spacial score (nSPS) is 16.8. The maximum Gasteiger partial charge on any atom is 0.210 e. The first kappa shape index (κ1) is 18.1. The summed E-state index contributed by atoms with van der Waals surface area (Å²) in [6.45, 7) is 6.46. The third kappa shape index (κ3) is 4.10. The molecule has 0 N–H and O–H groups in total. The molecule has 1 saturated heterocycles. The molecule has 1 fully saturated rings. The largest absolute Gasteiger partial charge is 0.357 e. The van der Waals surface area contributed by atoms with Crippen molar-refractivity contribution < 1.29 is 8.42 Å². The summed E-state index contributed by atoms with van der Waals surface area (Å²) in [6, 6.07) is 6.24. The van der Waals surface area contributed by atoms with Crippen LogP contribution in [0.2, 0.25) is 0 Å². The SMILES string of the molecule is Cc1cc(C)c2ccc(N3CCC(CN(C)S(C)(=O)=O)CC3)nc2n1.